The van der Waals surface area contributed by atoms with Crippen molar-refractivity contribution in [1.82, 2.24) is 10.0 Å². The van der Waals surface area contributed by atoms with E-state index in [1.165, 1.54) is 12.1 Å². The highest BCUT2D eigenvalue weighted by molar-refractivity contribution is 7.89. The zero-order valence-corrected chi connectivity index (χ0v) is 12.4. The largest absolute Gasteiger partial charge is 0.366 e. The number of benzene rings is 1. The molecule has 20 heavy (non-hydrogen) atoms. The predicted octanol–water partition coefficient (Wildman–Crippen LogP) is 0.124. The average Bonchev–Trinajstić information content (AvgIpc) is 2.74. The van der Waals surface area contributed by atoms with Crippen LogP contribution in [0.15, 0.2) is 23.1 Å². The Balaban J connectivity index is 2.34. The van der Waals surface area contributed by atoms with Crippen molar-refractivity contribution < 1.29 is 13.2 Å². The molecular weight excluding hydrogens is 278 g/mol. The van der Waals surface area contributed by atoms with Crippen molar-refractivity contribution in [1.29, 1.82) is 0 Å². The van der Waals surface area contributed by atoms with Crippen LogP contribution in [-0.4, -0.2) is 33.0 Å². The molecule has 1 unspecified atom stereocenters. The monoisotopic (exact) mass is 297 g/mol. The van der Waals surface area contributed by atoms with E-state index in [1.807, 2.05) is 6.92 Å². The fraction of sp³-hybridized carbons (Fsp3) is 0.462. The van der Waals surface area contributed by atoms with Gasteiger partial charge in [0.15, 0.2) is 0 Å². The highest BCUT2D eigenvalue weighted by atomic mass is 32.2. The van der Waals surface area contributed by atoms with Crippen molar-refractivity contribution in [3.8, 4) is 0 Å². The third-order valence-electron chi connectivity index (χ3n) is 3.53. The maximum Gasteiger partial charge on any atom is 0.249 e. The van der Waals surface area contributed by atoms with Crippen LogP contribution in [-0.2, 0) is 10.0 Å². The summed E-state index contributed by atoms with van der Waals surface area (Å²) in [5, 5.41) is 3.12. The van der Waals surface area contributed by atoms with E-state index in [9.17, 15) is 13.2 Å². The average molecular weight is 297 g/mol. The van der Waals surface area contributed by atoms with Crippen LogP contribution in [0.2, 0.25) is 0 Å². The minimum absolute atomic E-state index is 0.0602. The fourth-order valence-corrected chi connectivity index (χ4v) is 3.78. The summed E-state index contributed by atoms with van der Waals surface area (Å²) in [6.45, 7) is 4.93. The first-order valence-electron chi connectivity index (χ1n) is 6.39. The van der Waals surface area contributed by atoms with Crippen LogP contribution in [0.4, 0.5) is 0 Å². The molecule has 0 bridgehead atoms. The molecule has 0 aliphatic carbocycles. The highest BCUT2D eigenvalue weighted by Gasteiger charge is 2.33. The number of aryl methyl sites for hydroxylation is 1. The Bertz CT molecular complexity index is 634. The summed E-state index contributed by atoms with van der Waals surface area (Å²) in [6, 6.07) is 4.39. The topological polar surface area (TPSA) is 101 Å². The maximum absolute atomic E-state index is 12.4. The van der Waals surface area contributed by atoms with Gasteiger partial charge in [0.2, 0.25) is 15.9 Å². The number of hydrogen-bond donors (Lipinski definition) is 3. The lowest BCUT2D eigenvalue weighted by Crippen LogP contribution is -2.47. The number of nitrogens with two attached hydrogens (primary N) is 1. The Labute approximate surface area is 118 Å². The minimum Gasteiger partial charge on any atom is -0.366 e. The third kappa shape index (κ3) is 3.00. The molecule has 1 fully saturated rings. The molecule has 6 nitrogen and oxygen atoms in total. The van der Waals surface area contributed by atoms with Crippen LogP contribution >= 0.6 is 0 Å². The van der Waals surface area contributed by atoms with Gasteiger partial charge < -0.3 is 11.1 Å². The molecule has 0 radical (unpaired) electrons. The smallest absolute Gasteiger partial charge is 0.249 e. The highest BCUT2D eigenvalue weighted by Crippen LogP contribution is 2.20. The summed E-state index contributed by atoms with van der Waals surface area (Å²) in [4.78, 5) is 11.4. The fourth-order valence-electron chi connectivity index (χ4n) is 2.32. The van der Waals surface area contributed by atoms with Gasteiger partial charge in [-0.25, -0.2) is 13.1 Å². The molecule has 1 saturated heterocycles. The van der Waals surface area contributed by atoms with E-state index < -0.39 is 21.5 Å². The summed E-state index contributed by atoms with van der Waals surface area (Å²) < 4.78 is 27.5. The van der Waals surface area contributed by atoms with Crippen molar-refractivity contribution in [2.75, 3.05) is 13.1 Å². The lowest BCUT2D eigenvalue weighted by Gasteiger charge is -2.24. The Hall–Kier alpha value is -1.44. The summed E-state index contributed by atoms with van der Waals surface area (Å²) in [5.41, 5.74) is 5.63. The number of carbonyl (C=O) groups is 1. The van der Waals surface area contributed by atoms with E-state index >= 15 is 0 Å². The Morgan fingerprint density at radius 3 is 2.70 bits per heavy atom. The van der Waals surface area contributed by atoms with Gasteiger partial charge in [-0.1, -0.05) is 6.07 Å². The maximum atomic E-state index is 12.4. The van der Waals surface area contributed by atoms with Crippen LogP contribution in [0.1, 0.15) is 29.3 Å². The molecule has 7 heteroatoms. The molecule has 1 aliphatic heterocycles. The van der Waals surface area contributed by atoms with Crippen LogP contribution in [0.3, 0.4) is 0 Å². The number of primary amides is 1. The van der Waals surface area contributed by atoms with Crippen molar-refractivity contribution in [3.05, 3.63) is 29.3 Å². The Morgan fingerprint density at radius 1 is 1.45 bits per heavy atom. The predicted molar refractivity (Wildman–Crippen MR) is 75.9 cm³/mol. The summed E-state index contributed by atoms with van der Waals surface area (Å²) in [6.07, 6.45) is 0.723. The van der Waals surface area contributed by atoms with E-state index in [-0.39, 0.29) is 10.5 Å². The van der Waals surface area contributed by atoms with Gasteiger partial charge in [0.1, 0.15) is 0 Å². The SMILES string of the molecule is Cc1ccc(S(=O)(=O)NC2(C)CCNC2)cc1C(N)=O. The van der Waals surface area contributed by atoms with E-state index in [4.69, 9.17) is 5.73 Å². The summed E-state index contributed by atoms with van der Waals surface area (Å²) in [7, 11) is -3.67. The van der Waals surface area contributed by atoms with Crippen molar-refractivity contribution in [2.24, 2.45) is 5.73 Å². The van der Waals surface area contributed by atoms with Gasteiger partial charge in [0.05, 0.1) is 4.90 Å². The normalized spacial score (nSPS) is 22.9. The van der Waals surface area contributed by atoms with Crippen molar-refractivity contribution in [2.45, 2.75) is 30.7 Å². The molecule has 1 heterocycles. The van der Waals surface area contributed by atoms with Gasteiger partial charge in [0, 0.05) is 17.6 Å². The minimum atomic E-state index is -3.67. The van der Waals surface area contributed by atoms with Gasteiger partial charge in [-0.05, 0) is 44.5 Å². The Morgan fingerprint density at radius 2 is 2.15 bits per heavy atom. The molecule has 1 aromatic carbocycles. The Kier molecular flexibility index (Phi) is 3.86. The second kappa shape index (κ2) is 5.16. The van der Waals surface area contributed by atoms with Crippen molar-refractivity contribution >= 4 is 15.9 Å². The second-order valence-corrected chi connectivity index (χ2v) is 7.12. The first kappa shape index (κ1) is 15.0. The molecule has 1 aromatic rings. The quantitative estimate of drug-likeness (QED) is 0.735. The molecule has 1 aliphatic rings. The molecule has 2 rings (SSSR count). The molecule has 110 valence electrons. The summed E-state index contributed by atoms with van der Waals surface area (Å²) >= 11 is 0. The third-order valence-corrected chi connectivity index (χ3v) is 5.17. The number of nitrogens with one attached hydrogen (secondary N) is 2. The lowest BCUT2D eigenvalue weighted by atomic mass is 10.0. The lowest BCUT2D eigenvalue weighted by molar-refractivity contribution is 0.0999. The summed E-state index contributed by atoms with van der Waals surface area (Å²) in [5.74, 6) is -0.631. The van der Waals surface area contributed by atoms with Crippen LogP contribution < -0.4 is 15.8 Å². The van der Waals surface area contributed by atoms with Gasteiger partial charge in [-0.15, -0.1) is 0 Å². The molecule has 4 N–H and O–H groups in total. The van der Waals surface area contributed by atoms with E-state index in [0.717, 1.165) is 13.0 Å². The standard InChI is InChI=1S/C13H19N3O3S/c1-9-3-4-10(7-11(9)12(14)17)20(18,19)16-13(2)5-6-15-8-13/h3-4,7,15-16H,5-6,8H2,1-2H3,(H2,14,17). The molecule has 0 spiro atoms. The number of rotatable bonds is 4. The molecule has 0 aromatic heterocycles. The van der Waals surface area contributed by atoms with E-state index in [1.54, 1.807) is 13.0 Å². The van der Waals surface area contributed by atoms with Crippen molar-refractivity contribution in [3.63, 3.8) is 0 Å². The van der Waals surface area contributed by atoms with Crippen LogP contribution in [0.25, 0.3) is 0 Å². The van der Waals surface area contributed by atoms with Crippen LogP contribution in [0, 0.1) is 6.92 Å². The van der Waals surface area contributed by atoms with E-state index in [2.05, 4.69) is 10.0 Å². The van der Waals surface area contributed by atoms with Crippen LogP contribution in [0.5, 0.6) is 0 Å². The molecule has 1 atom stereocenters. The number of amides is 1. The molecule has 1 amide bonds. The zero-order valence-electron chi connectivity index (χ0n) is 11.6. The van der Waals surface area contributed by atoms with Gasteiger partial charge in [-0.3, -0.25) is 4.79 Å². The van der Waals surface area contributed by atoms with Gasteiger partial charge in [-0.2, -0.15) is 0 Å². The first-order valence-corrected chi connectivity index (χ1v) is 7.87. The first-order chi connectivity index (χ1) is 9.23. The number of carbonyl (C=O) groups excluding carboxylic acids is 1. The zero-order chi connectivity index (χ0) is 15.0. The number of hydrogen-bond acceptors (Lipinski definition) is 4. The molecule has 0 saturated carbocycles. The van der Waals surface area contributed by atoms with Gasteiger partial charge >= 0.3 is 0 Å². The second-order valence-electron chi connectivity index (χ2n) is 5.43. The van der Waals surface area contributed by atoms with Gasteiger partial charge in [0.25, 0.3) is 0 Å². The molecular formula is C13H19N3O3S. The number of sulfonamides is 1. The van der Waals surface area contributed by atoms with E-state index in [0.29, 0.717) is 12.1 Å².